The van der Waals surface area contributed by atoms with Crippen LogP contribution in [0.1, 0.15) is 23.8 Å². The second kappa shape index (κ2) is 7.61. The molecule has 0 aliphatic carbocycles. The molecule has 2 amide bonds. The average Bonchev–Trinajstić information content (AvgIpc) is 2.96. The summed E-state index contributed by atoms with van der Waals surface area (Å²) in [6, 6.07) is 8.94. The number of rotatable bonds is 6. The third kappa shape index (κ3) is 4.60. The van der Waals surface area contributed by atoms with Crippen LogP contribution in [0.25, 0.3) is 11.3 Å². The first-order valence-electron chi connectivity index (χ1n) is 6.90. The summed E-state index contributed by atoms with van der Waals surface area (Å²) in [5.74, 6) is -0.310. The maximum absolute atomic E-state index is 12.0. The molecular formula is C15H17ClN4O2. The Bertz CT molecular complexity index is 669. The Balaban J connectivity index is 1.88. The summed E-state index contributed by atoms with van der Waals surface area (Å²) in [5, 5.41) is 12.9. The molecule has 0 bridgehead atoms. The number of nitrogens with one attached hydrogen (secondary N) is 3. The van der Waals surface area contributed by atoms with Crippen LogP contribution in [0.15, 0.2) is 30.3 Å². The molecule has 1 heterocycles. The zero-order valence-electron chi connectivity index (χ0n) is 12.1. The van der Waals surface area contributed by atoms with Gasteiger partial charge in [-0.05, 0) is 24.6 Å². The Morgan fingerprint density at radius 1 is 1.23 bits per heavy atom. The predicted octanol–water partition coefficient (Wildman–Crippen LogP) is 1.99. The molecule has 3 N–H and O–H groups in total. The second-order valence-electron chi connectivity index (χ2n) is 4.77. The standard InChI is InChI=1S/C15H17ClN4O2/c1-10(21)17-6-3-7-18-15(22)14-9-13(19-20-14)11-4-2-5-12(16)8-11/h2,4-5,8-9H,3,6-7H2,1H3,(H,17,21)(H,18,22)(H,19,20). The minimum Gasteiger partial charge on any atom is -0.356 e. The van der Waals surface area contributed by atoms with Gasteiger partial charge in [0.25, 0.3) is 5.91 Å². The van der Waals surface area contributed by atoms with Crippen molar-refractivity contribution in [3.63, 3.8) is 0 Å². The highest BCUT2D eigenvalue weighted by atomic mass is 35.5. The number of hydrogen-bond acceptors (Lipinski definition) is 3. The van der Waals surface area contributed by atoms with Gasteiger partial charge >= 0.3 is 0 Å². The lowest BCUT2D eigenvalue weighted by Gasteiger charge is -2.03. The summed E-state index contributed by atoms with van der Waals surface area (Å²) < 4.78 is 0. The lowest BCUT2D eigenvalue weighted by Crippen LogP contribution is -2.28. The lowest BCUT2D eigenvalue weighted by atomic mass is 10.1. The molecule has 2 aromatic rings. The number of aromatic amines is 1. The predicted molar refractivity (Wildman–Crippen MR) is 84.7 cm³/mol. The molecule has 2 rings (SSSR count). The molecule has 0 aliphatic rings. The number of hydrogen-bond donors (Lipinski definition) is 3. The van der Waals surface area contributed by atoms with Crippen molar-refractivity contribution in [3.8, 4) is 11.3 Å². The first-order chi connectivity index (χ1) is 10.6. The molecule has 116 valence electrons. The molecule has 1 aromatic carbocycles. The topological polar surface area (TPSA) is 86.9 Å². The van der Waals surface area contributed by atoms with Crippen molar-refractivity contribution in [2.75, 3.05) is 13.1 Å². The summed E-state index contributed by atoms with van der Waals surface area (Å²) in [6.45, 7) is 2.47. The Morgan fingerprint density at radius 2 is 2.00 bits per heavy atom. The van der Waals surface area contributed by atoms with E-state index in [-0.39, 0.29) is 11.8 Å². The van der Waals surface area contributed by atoms with Gasteiger partial charge in [-0.2, -0.15) is 5.10 Å². The number of carbonyl (C=O) groups is 2. The molecule has 0 unspecified atom stereocenters. The molecule has 0 radical (unpaired) electrons. The van der Waals surface area contributed by atoms with Gasteiger partial charge in [0.15, 0.2) is 0 Å². The van der Waals surface area contributed by atoms with Gasteiger partial charge in [-0.1, -0.05) is 23.7 Å². The minimum atomic E-state index is -0.233. The zero-order valence-corrected chi connectivity index (χ0v) is 12.9. The molecular weight excluding hydrogens is 304 g/mol. The molecule has 7 heteroatoms. The third-order valence-electron chi connectivity index (χ3n) is 2.96. The van der Waals surface area contributed by atoms with Gasteiger partial charge < -0.3 is 10.6 Å². The van der Waals surface area contributed by atoms with Crippen LogP contribution in [-0.4, -0.2) is 35.1 Å². The van der Waals surface area contributed by atoms with Crippen LogP contribution in [0, 0.1) is 0 Å². The summed E-state index contributed by atoms with van der Waals surface area (Å²) in [7, 11) is 0. The number of benzene rings is 1. The van der Waals surface area contributed by atoms with Gasteiger partial charge in [0.05, 0.1) is 5.69 Å². The molecule has 22 heavy (non-hydrogen) atoms. The SMILES string of the molecule is CC(=O)NCCCNC(=O)c1cc(-c2cccc(Cl)c2)n[nH]1. The molecule has 6 nitrogen and oxygen atoms in total. The molecule has 0 saturated heterocycles. The van der Waals surface area contributed by atoms with Gasteiger partial charge in [0, 0.05) is 30.6 Å². The maximum Gasteiger partial charge on any atom is 0.269 e. The van der Waals surface area contributed by atoms with Crippen molar-refractivity contribution in [3.05, 3.63) is 41.0 Å². The fourth-order valence-corrected chi connectivity index (χ4v) is 2.07. The number of halogens is 1. The van der Waals surface area contributed by atoms with Crippen molar-refractivity contribution in [2.45, 2.75) is 13.3 Å². The number of amides is 2. The summed E-state index contributed by atoms with van der Waals surface area (Å²) in [4.78, 5) is 22.7. The third-order valence-corrected chi connectivity index (χ3v) is 3.19. The highest BCUT2D eigenvalue weighted by molar-refractivity contribution is 6.30. The largest absolute Gasteiger partial charge is 0.356 e. The maximum atomic E-state index is 12.0. The van der Waals surface area contributed by atoms with E-state index in [1.807, 2.05) is 12.1 Å². The van der Waals surface area contributed by atoms with E-state index < -0.39 is 0 Å². The van der Waals surface area contributed by atoms with E-state index in [1.165, 1.54) is 6.92 Å². The highest BCUT2D eigenvalue weighted by Gasteiger charge is 2.10. The summed E-state index contributed by atoms with van der Waals surface area (Å²) in [5.41, 5.74) is 1.88. The normalized spacial score (nSPS) is 10.3. The number of aromatic nitrogens is 2. The highest BCUT2D eigenvalue weighted by Crippen LogP contribution is 2.21. The molecule has 1 aromatic heterocycles. The Morgan fingerprint density at radius 3 is 2.73 bits per heavy atom. The fraction of sp³-hybridized carbons (Fsp3) is 0.267. The van der Waals surface area contributed by atoms with Crippen LogP contribution in [0.2, 0.25) is 5.02 Å². The van der Waals surface area contributed by atoms with Crippen LogP contribution in [0.4, 0.5) is 0 Å². The first kappa shape index (κ1) is 16.0. The lowest BCUT2D eigenvalue weighted by molar-refractivity contribution is -0.118. The Kier molecular flexibility index (Phi) is 5.55. The summed E-state index contributed by atoms with van der Waals surface area (Å²) in [6.07, 6.45) is 0.667. The van der Waals surface area contributed by atoms with E-state index in [4.69, 9.17) is 11.6 Å². The van der Waals surface area contributed by atoms with E-state index in [0.717, 1.165) is 5.56 Å². The van der Waals surface area contributed by atoms with Gasteiger partial charge in [-0.25, -0.2) is 0 Å². The molecule has 0 fully saturated rings. The van der Waals surface area contributed by atoms with Crippen LogP contribution in [0.5, 0.6) is 0 Å². The van der Waals surface area contributed by atoms with Crippen LogP contribution in [0.3, 0.4) is 0 Å². The Labute approximate surface area is 133 Å². The molecule has 0 saturated carbocycles. The van der Waals surface area contributed by atoms with E-state index >= 15 is 0 Å². The second-order valence-corrected chi connectivity index (χ2v) is 5.21. The summed E-state index contributed by atoms with van der Waals surface area (Å²) >= 11 is 5.94. The first-order valence-corrected chi connectivity index (χ1v) is 7.28. The smallest absolute Gasteiger partial charge is 0.269 e. The van der Waals surface area contributed by atoms with Gasteiger partial charge in [0.1, 0.15) is 5.69 Å². The zero-order chi connectivity index (χ0) is 15.9. The molecule has 0 aliphatic heterocycles. The fourth-order valence-electron chi connectivity index (χ4n) is 1.88. The van der Waals surface area contributed by atoms with Gasteiger partial charge in [-0.15, -0.1) is 0 Å². The molecule has 0 spiro atoms. The number of nitrogens with zero attached hydrogens (tertiary/aromatic N) is 1. The van der Waals surface area contributed by atoms with Crippen LogP contribution < -0.4 is 10.6 Å². The average molecular weight is 321 g/mol. The van der Waals surface area contributed by atoms with E-state index in [1.54, 1.807) is 18.2 Å². The van der Waals surface area contributed by atoms with Crippen molar-refractivity contribution in [1.82, 2.24) is 20.8 Å². The number of H-pyrrole nitrogens is 1. The van der Waals surface area contributed by atoms with E-state index in [9.17, 15) is 9.59 Å². The van der Waals surface area contributed by atoms with Crippen molar-refractivity contribution in [1.29, 1.82) is 0 Å². The van der Waals surface area contributed by atoms with Crippen LogP contribution >= 0.6 is 11.6 Å². The molecule has 0 atom stereocenters. The monoisotopic (exact) mass is 320 g/mol. The number of carbonyl (C=O) groups excluding carboxylic acids is 2. The van der Waals surface area contributed by atoms with Gasteiger partial charge in [0.2, 0.25) is 5.91 Å². The van der Waals surface area contributed by atoms with E-state index in [2.05, 4.69) is 20.8 Å². The van der Waals surface area contributed by atoms with Gasteiger partial charge in [-0.3, -0.25) is 14.7 Å². The van der Waals surface area contributed by atoms with Crippen molar-refractivity contribution in [2.24, 2.45) is 0 Å². The quantitative estimate of drug-likeness (QED) is 0.711. The van der Waals surface area contributed by atoms with Crippen molar-refractivity contribution < 1.29 is 9.59 Å². The Hall–Kier alpha value is -2.34. The van der Waals surface area contributed by atoms with Crippen molar-refractivity contribution >= 4 is 23.4 Å². The van der Waals surface area contributed by atoms with Crippen LogP contribution in [-0.2, 0) is 4.79 Å². The van der Waals surface area contributed by atoms with E-state index in [0.29, 0.717) is 35.9 Å². The minimum absolute atomic E-state index is 0.0777.